The van der Waals surface area contributed by atoms with Gasteiger partial charge in [-0.25, -0.2) is 0 Å². The normalized spacial score (nSPS) is 16.1. The van der Waals surface area contributed by atoms with Crippen molar-refractivity contribution in [3.05, 3.63) is 29.8 Å². The molecule has 2 heteroatoms. The second-order valence-electron chi connectivity index (χ2n) is 4.11. The van der Waals surface area contributed by atoms with E-state index in [4.69, 9.17) is 4.74 Å². The molecular formula is C13H19NO. The van der Waals surface area contributed by atoms with Gasteiger partial charge in [0.1, 0.15) is 0 Å². The van der Waals surface area contributed by atoms with Crippen LogP contribution in [-0.2, 0) is 11.3 Å². The van der Waals surface area contributed by atoms with E-state index in [1.165, 1.54) is 30.5 Å². The molecule has 0 radical (unpaired) electrons. The molecule has 1 aliphatic rings. The topological polar surface area (TPSA) is 21.3 Å². The third-order valence-electron chi connectivity index (χ3n) is 2.88. The van der Waals surface area contributed by atoms with E-state index in [-0.39, 0.29) is 0 Å². The fraction of sp³-hybridized carbons (Fsp3) is 0.538. The van der Waals surface area contributed by atoms with Gasteiger partial charge < -0.3 is 10.1 Å². The number of nitrogens with one attached hydrogen (secondary N) is 1. The van der Waals surface area contributed by atoms with Gasteiger partial charge in [-0.15, -0.1) is 0 Å². The molecule has 1 N–H and O–H groups in total. The summed E-state index contributed by atoms with van der Waals surface area (Å²) in [6.07, 6.45) is 4.00. The predicted octanol–water partition coefficient (Wildman–Crippen LogP) is 3.19. The largest absolute Gasteiger partial charge is 0.382 e. The minimum atomic E-state index is 0.701. The predicted molar refractivity (Wildman–Crippen MR) is 63.0 cm³/mol. The van der Waals surface area contributed by atoms with Crippen molar-refractivity contribution in [3.63, 3.8) is 0 Å². The van der Waals surface area contributed by atoms with Crippen LogP contribution in [0.3, 0.4) is 0 Å². The summed E-state index contributed by atoms with van der Waals surface area (Å²) in [7, 11) is 0. The molecule has 0 aliphatic heterocycles. The van der Waals surface area contributed by atoms with Crippen molar-refractivity contribution in [2.75, 3.05) is 11.9 Å². The van der Waals surface area contributed by atoms with Gasteiger partial charge in [0, 0.05) is 18.3 Å². The maximum Gasteiger partial charge on any atom is 0.0717 e. The van der Waals surface area contributed by atoms with E-state index in [1.807, 2.05) is 6.92 Å². The van der Waals surface area contributed by atoms with Gasteiger partial charge in [-0.1, -0.05) is 12.1 Å². The quantitative estimate of drug-likeness (QED) is 0.797. The Kier molecular flexibility index (Phi) is 3.62. The lowest BCUT2D eigenvalue weighted by Gasteiger charge is -2.27. The lowest BCUT2D eigenvalue weighted by atomic mass is 9.93. The highest BCUT2D eigenvalue weighted by Gasteiger charge is 2.16. The Bertz CT molecular complexity index is 307. The average molecular weight is 205 g/mol. The summed E-state index contributed by atoms with van der Waals surface area (Å²) in [6.45, 7) is 3.52. The van der Waals surface area contributed by atoms with Crippen LogP contribution in [0.25, 0.3) is 0 Å². The van der Waals surface area contributed by atoms with Crippen molar-refractivity contribution in [1.82, 2.24) is 0 Å². The summed E-state index contributed by atoms with van der Waals surface area (Å²) in [5.41, 5.74) is 2.48. The zero-order chi connectivity index (χ0) is 10.5. The SMILES string of the molecule is CCOCc1cccc(NC2CCC2)c1. The zero-order valence-corrected chi connectivity index (χ0v) is 9.33. The van der Waals surface area contributed by atoms with Crippen molar-refractivity contribution >= 4 is 5.69 Å². The number of ether oxygens (including phenoxy) is 1. The van der Waals surface area contributed by atoms with Crippen LogP contribution in [0.1, 0.15) is 31.7 Å². The lowest BCUT2D eigenvalue weighted by molar-refractivity contribution is 0.134. The van der Waals surface area contributed by atoms with E-state index in [0.717, 1.165) is 13.2 Å². The third kappa shape index (κ3) is 2.96. The van der Waals surface area contributed by atoms with Gasteiger partial charge in [-0.3, -0.25) is 0 Å². The maximum absolute atomic E-state index is 5.39. The van der Waals surface area contributed by atoms with E-state index in [1.54, 1.807) is 0 Å². The molecule has 2 rings (SSSR count). The fourth-order valence-electron chi connectivity index (χ4n) is 1.76. The van der Waals surface area contributed by atoms with E-state index in [0.29, 0.717) is 6.04 Å². The van der Waals surface area contributed by atoms with Crippen LogP contribution in [-0.4, -0.2) is 12.6 Å². The number of anilines is 1. The maximum atomic E-state index is 5.39. The Morgan fingerprint density at radius 1 is 1.40 bits per heavy atom. The van der Waals surface area contributed by atoms with E-state index in [2.05, 4.69) is 29.6 Å². The first kappa shape index (κ1) is 10.5. The molecule has 0 spiro atoms. The molecule has 2 nitrogen and oxygen atoms in total. The number of hydrogen-bond acceptors (Lipinski definition) is 2. The van der Waals surface area contributed by atoms with Gasteiger partial charge in [0.25, 0.3) is 0 Å². The summed E-state index contributed by atoms with van der Waals surface area (Å²) in [5, 5.41) is 3.54. The minimum absolute atomic E-state index is 0.701. The first-order valence-electron chi connectivity index (χ1n) is 5.81. The minimum Gasteiger partial charge on any atom is -0.382 e. The van der Waals surface area contributed by atoms with Gasteiger partial charge in [0.2, 0.25) is 0 Å². The molecule has 0 unspecified atom stereocenters. The van der Waals surface area contributed by atoms with Crippen molar-refractivity contribution in [2.24, 2.45) is 0 Å². The molecule has 1 fully saturated rings. The van der Waals surface area contributed by atoms with Crippen LogP contribution in [0.4, 0.5) is 5.69 Å². The Morgan fingerprint density at radius 2 is 2.27 bits per heavy atom. The van der Waals surface area contributed by atoms with Crippen LogP contribution < -0.4 is 5.32 Å². The molecule has 0 heterocycles. The van der Waals surface area contributed by atoms with Crippen LogP contribution in [0.15, 0.2) is 24.3 Å². The monoisotopic (exact) mass is 205 g/mol. The molecule has 0 atom stereocenters. The van der Waals surface area contributed by atoms with Crippen molar-refractivity contribution in [2.45, 2.75) is 38.8 Å². The molecule has 0 aromatic heterocycles. The van der Waals surface area contributed by atoms with Crippen LogP contribution >= 0.6 is 0 Å². The van der Waals surface area contributed by atoms with Crippen LogP contribution in [0, 0.1) is 0 Å². The van der Waals surface area contributed by atoms with Gasteiger partial charge in [-0.05, 0) is 43.9 Å². The summed E-state index contributed by atoms with van der Waals surface area (Å²) in [6, 6.07) is 9.23. The molecule has 82 valence electrons. The summed E-state index contributed by atoms with van der Waals surface area (Å²) < 4.78 is 5.39. The van der Waals surface area contributed by atoms with Crippen molar-refractivity contribution < 1.29 is 4.74 Å². The number of benzene rings is 1. The second-order valence-corrected chi connectivity index (χ2v) is 4.11. The Hall–Kier alpha value is -1.02. The van der Waals surface area contributed by atoms with Gasteiger partial charge in [0.15, 0.2) is 0 Å². The van der Waals surface area contributed by atoms with Gasteiger partial charge in [0.05, 0.1) is 6.61 Å². The Labute approximate surface area is 91.6 Å². The number of rotatable bonds is 5. The molecule has 1 saturated carbocycles. The van der Waals surface area contributed by atoms with Crippen molar-refractivity contribution in [1.29, 1.82) is 0 Å². The van der Waals surface area contributed by atoms with Gasteiger partial charge >= 0.3 is 0 Å². The molecular weight excluding hydrogens is 186 g/mol. The molecule has 1 aromatic rings. The summed E-state index contributed by atoms with van der Waals surface area (Å²) >= 11 is 0. The molecule has 0 saturated heterocycles. The van der Waals surface area contributed by atoms with E-state index in [9.17, 15) is 0 Å². The van der Waals surface area contributed by atoms with Crippen LogP contribution in [0.5, 0.6) is 0 Å². The van der Waals surface area contributed by atoms with E-state index < -0.39 is 0 Å². The highest BCUT2D eigenvalue weighted by atomic mass is 16.5. The first-order chi connectivity index (χ1) is 7.38. The standard InChI is InChI=1S/C13H19NO/c1-2-15-10-11-5-3-8-13(9-11)14-12-6-4-7-12/h3,5,8-9,12,14H,2,4,6-7,10H2,1H3. The first-order valence-corrected chi connectivity index (χ1v) is 5.81. The Balaban J connectivity index is 1.92. The number of hydrogen-bond donors (Lipinski definition) is 1. The highest BCUT2D eigenvalue weighted by molar-refractivity contribution is 5.46. The second kappa shape index (κ2) is 5.17. The zero-order valence-electron chi connectivity index (χ0n) is 9.33. The van der Waals surface area contributed by atoms with Crippen LogP contribution in [0.2, 0.25) is 0 Å². The fourth-order valence-corrected chi connectivity index (χ4v) is 1.76. The molecule has 0 amide bonds. The molecule has 0 bridgehead atoms. The smallest absolute Gasteiger partial charge is 0.0717 e. The third-order valence-corrected chi connectivity index (χ3v) is 2.88. The van der Waals surface area contributed by atoms with E-state index >= 15 is 0 Å². The summed E-state index contributed by atoms with van der Waals surface area (Å²) in [4.78, 5) is 0. The Morgan fingerprint density at radius 3 is 2.93 bits per heavy atom. The van der Waals surface area contributed by atoms with Gasteiger partial charge in [-0.2, -0.15) is 0 Å². The molecule has 1 aliphatic carbocycles. The highest BCUT2D eigenvalue weighted by Crippen LogP contribution is 2.23. The summed E-state index contributed by atoms with van der Waals surface area (Å²) in [5.74, 6) is 0. The lowest BCUT2D eigenvalue weighted by Crippen LogP contribution is -2.26. The average Bonchev–Trinajstić information content (AvgIpc) is 2.21. The molecule has 15 heavy (non-hydrogen) atoms. The van der Waals surface area contributed by atoms with Crippen molar-refractivity contribution in [3.8, 4) is 0 Å². The molecule has 1 aromatic carbocycles.